The van der Waals surface area contributed by atoms with Crippen LogP contribution in [0, 0.1) is 5.92 Å². The predicted molar refractivity (Wildman–Crippen MR) is 74.0 cm³/mol. The van der Waals surface area contributed by atoms with Gasteiger partial charge in [0, 0.05) is 13.1 Å². The number of urea groups is 1. The number of nitrogens with one attached hydrogen (secondary N) is 1. The van der Waals surface area contributed by atoms with Gasteiger partial charge >= 0.3 is 12.0 Å². The summed E-state index contributed by atoms with van der Waals surface area (Å²) in [6, 6.07) is -0.815. The highest BCUT2D eigenvalue weighted by Crippen LogP contribution is 2.28. The fourth-order valence-corrected chi connectivity index (χ4v) is 2.70. The maximum absolute atomic E-state index is 12.0. The second-order valence-corrected chi connectivity index (χ2v) is 5.44. The zero-order valence-electron chi connectivity index (χ0n) is 12.2. The Hall–Kier alpha value is -1.26. The summed E-state index contributed by atoms with van der Waals surface area (Å²) in [5, 5.41) is 11.5. The first-order valence-electron chi connectivity index (χ1n) is 7.25. The number of aliphatic carboxylic acids is 1. The van der Waals surface area contributed by atoms with Gasteiger partial charge in [-0.15, -0.1) is 0 Å². The molecule has 0 saturated heterocycles. The van der Waals surface area contributed by atoms with Crippen molar-refractivity contribution in [3.05, 3.63) is 0 Å². The highest BCUT2D eigenvalue weighted by molar-refractivity contribution is 5.82. The van der Waals surface area contributed by atoms with E-state index in [1.54, 1.807) is 18.9 Å². The van der Waals surface area contributed by atoms with Crippen molar-refractivity contribution >= 4 is 12.0 Å². The molecular weight excluding hydrogens is 244 g/mol. The molecule has 110 valence electrons. The van der Waals surface area contributed by atoms with E-state index in [4.69, 9.17) is 5.11 Å². The average molecular weight is 270 g/mol. The molecule has 2 N–H and O–H groups in total. The third-order valence-electron chi connectivity index (χ3n) is 4.27. The van der Waals surface area contributed by atoms with Gasteiger partial charge < -0.3 is 15.3 Å². The van der Waals surface area contributed by atoms with Gasteiger partial charge in [-0.25, -0.2) is 9.59 Å². The summed E-state index contributed by atoms with van der Waals surface area (Å²) in [6.45, 7) is 3.96. The van der Waals surface area contributed by atoms with Crippen LogP contribution >= 0.6 is 0 Å². The Morgan fingerprint density at radius 3 is 2.26 bits per heavy atom. The molecule has 2 amide bonds. The van der Waals surface area contributed by atoms with E-state index in [-0.39, 0.29) is 12.1 Å². The van der Waals surface area contributed by atoms with Crippen LogP contribution in [-0.4, -0.2) is 41.1 Å². The van der Waals surface area contributed by atoms with Crippen LogP contribution in [0.5, 0.6) is 0 Å². The van der Waals surface area contributed by atoms with E-state index in [0.717, 1.165) is 31.6 Å². The van der Waals surface area contributed by atoms with E-state index in [1.807, 2.05) is 0 Å². The van der Waals surface area contributed by atoms with Crippen molar-refractivity contribution in [3.63, 3.8) is 0 Å². The standard InChI is InChI=1S/C14H26N2O3/c1-4-10-6-8-11(9-7-10)16(3)14(19)15-12(5-2)13(17)18/h10-12H,4-9H2,1-3H3,(H,15,19)(H,17,18)/t10?,11?,12-/m0/s1. The number of hydrogen-bond acceptors (Lipinski definition) is 2. The van der Waals surface area contributed by atoms with Gasteiger partial charge in [0.15, 0.2) is 0 Å². The fraction of sp³-hybridized carbons (Fsp3) is 0.857. The topological polar surface area (TPSA) is 69.6 Å². The van der Waals surface area contributed by atoms with E-state index in [2.05, 4.69) is 12.2 Å². The van der Waals surface area contributed by atoms with Gasteiger partial charge in [-0.2, -0.15) is 0 Å². The molecular formula is C14H26N2O3. The highest BCUT2D eigenvalue weighted by atomic mass is 16.4. The highest BCUT2D eigenvalue weighted by Gasteiger charge is 2.27. The number of nitrogens with zero attached hydrogens (tertiary/aromatic N) is 1. The number of rotatable bonds is 5. The van der Waals surface area contributed by atoms with Crippen molar-refractivity contribution in [2.75, 3.05) is 7.05 Å². The maximum atomic E-state index is 12.0. The molecule has 0 aromatic rings. The molecule has 19 heavy (non-hydrogen) atoms. The zero-order chi connectivity index (χ0) is 14.4. The minimum absolute atomic E-state index is 0.245. The van der Waals surface area contributed by atoms with Crippen LogP contribution < -0.4 is 5.32 Å². The number of carbonyl (C=O) groups excluding carboxylic acids is 1. The molecule has 5 nitrogen and oxygen atoms in total. The summed E-state index contributed by atoms with van der Waals surface area (Å²) in [5.41, 5.74) is 0. The Morgan fingerprint density at radius 2 is 1.84 bits per heavy atom. The number of hydrogen-bond donors (Lipinski definition) is 2. The van der Waals surface area contributed by atoms with Gasteiger partial charge in [-0.05, 0) is 38.0 Å². The van der Waals surface area contributed by atoms with Crippen LogP contribution in [0.4, 0.5) is 4.79 Å². The maximum Gasteiger partial charge on any atom is 0.326 e. The Morgan fingerprint density at radius 1 is 1.26 bits per heavy atom. The molecule has 0 heterocycles. The van der Waals surface area contributed by atoms with Crippen molar-refractivity contribution in [1.82, 2.24) is 10.2 Å². The number of carbonyl (C=O) groups is 2. The first kappa shape index (κ1) is 15.8. The lowest BCUT2D eigenvalue weighted by Crippen LogP contribution is -2.50. The van der Waals surface area contributed by atoms with Crippen LogP contribution in [-0.2, 0) is 4.79 Å². The molecule has 0 unspecified atom stereocenters. The Balaban J connectivity index is 2.46. The zero-order valence-corrected chi connectivity index (χ0v) is 12.2. The first-order valence-corrected chi connectivity index (χ1v) is 7.25. The lowest BCUT2D eigenvalue weighted by molar-refractivity contribution is -0.139. The largest absolute Gasteiger partial charge is 0.480 e. The smallest absolute Gasteiger partial charge is 0.326 e. The molecule has 0 spiro atoms. The second kappa shape index (κ2) is 7.36. The van der Waals surface area contributed by atoms with Gasteiger partial charge in [0.1, 0.15) is 6.04 Å². The molecule has 1 rings (SSSR count). The van der Waals surface area contributed by atoms with Crippen LogP contribution in [0.25, 0.3) is 0 Å². The molecule has 1 atom stereocenters. The minimum Gasteiger partial charge on any atom is -0.480 e. The lowest BCUT2D eigenvalue weighted by atomic mass is 9.84. The van der Waals surface area contributed by atoms with Crippen LogP contribution in [0.3, 0.4) is 0 Å². The summed E-state index contributed by atoms with van der Waals surface area (Å²) < 4.78 is 0. The van der Waals surface area contributed by atoms with Gasteiger partial charge in [0.25, 0.3) is 0 Å². The monoisotopic (exact) mass is 270 g/mol. The lowest BCUT2D eigenvalue weighted by Gasteiger charge is -2.34. The molecule has 1 aliphatic carbocycles. The summed E-state index contributed by atoms with van der Waals surface area (Å²) in [4.78, 5) is 24.6. The number of carboxylic acids is 1. The Kier molecular flexibility index (Phi) is 6.12. The fourth-order valence-electron chi connectivity index (χ4n) is 2.70. The Bertz CT molecular complexity index is 312. The van der Waals surface area contributed by atoms with E-state index in [1.165, 1.54) is 6.42 Å². The van der Waals surface area contributed by atoms with Crippen molar-refractivity contribution in [1.29, 1.82) is 0 Å². The molecule has 0 bridgehead atoms. The first-order chi connectivity index (χ1) is 8.99. The molecule has 0 aromatic heterocycles. The van der Waals surface area contributed by atoms with Crippen molar-refractivity contribution < 1.29 is 14.7 Å². The molecule has 0 radical (unpaired) electrons. The van der Waals surface area contributed by atoms with Crippen LogP contribution in [0.15, 0.2) is 0 Å². The van der Waals surface area contributed by atoms with Crippen molar-refractivity contribution in [2.24, 2.45) is 5.92 Å². The van der Waals surface area contributed by atoms with Gasteiger partial charge in [-0.1, -0.05) is 20.3 Å². The summed E-state index contributed by atoms with van der Waals surface area (Å²) >= 11 is 0. The van der Waals surface area contributed by atoms with Gasteiger partial charge in [0.05, 0.1) is 0 Å². The quantitative estimate of drug-likeness (QED) is 0.806. The molecule has 0 aromatic carbocycles. The van der Waals surface area contributed by atoms with Crippen LogP contribution in [0.1, 0.15) is 52.4 Å². The van der Waals surface area contributed by atoms with Crippen molar-refractivity contribution in [3.8, 4) is 0 Å². The molecule has 1 saturated carbocycles. The summed E-state index contributed by atoms with van der Waals surface area (Å²) in [6.07, 6.45) is 5.97. The Labute approximate surface area is 115 Å². The third-order valence-corrected chi connectivity index (χ3v) is 4.27. The molecule has 0 aliphatic heterocycles. The van der Waals surface area contributed by atoms with E-state index in [9.17, 15) is 9.59 Å². The minimum atomic E-state index is -0.973. The molecule has 1 aliphatic rings. The third kappa shape index (κ3) is 4.40. The van der Waals surface area contributed by atoms with Crippen LogP contribution in [0.2, 0.25) is 0 Å². The van der Waals surface area contributed by atoms with E-state index >= 15 is 0 Å². The van der Waals surface area contributed by atoms with Gasteiger partial charge in [0.2, 0.25) is 0 Å². The van der Waals surface area contributed by atoms with E-state index < -0.39 is 12.0 Å². The average Bonchev–Trinajstić information content (AvgIpc) is 2.43. The second-order valence-electron chi connectivity index (χ2n) is 5.44. The number of amides is 2. The summed E-state index contributed by atoms with van der Waals surface area (Å²) in [5.74, 6) is -0.186. The SMILES string of the molecule is CCC1CCC(N(C)C(=O)N[C@@H](CC)C(=O)O)CC1. The molecule has 5 heteroatoms. The van der Waals surface area contributed by atoms with Crippen molar-refractivity contribution in [2.45, 2.75) is 64.5 Å². The predicted octanol–water partition coefficient (Wildman–Crippen LogP) is 2.46. The summed E-state index contributed by atoms with van der Waals surface area (Å²) in [7, 11) is 1.76. The molecule has 1 fully saturated rings. The van der Waals surface area contributed by atoms with E-state index in [0.29, 0.717) is 6.42 Å². The van der Waals surface area contributed by atoms with Gasteiger partial charge in [-0.3, -0.25) is 0 Å². The normalized spacial score (nSPS) is 24.6. The number of carboxylic acid groups (broad SMARTS) is 1.